The van der Waals surface area contributed by atoms with Gasteiger partial charge in [-0.15, -0.1) is 0 Å². The normalized spacial score (nSPS) is 11.0. The van der Waals surface area contributed by atoms with E-state index in [-0.39, 0.29) is 5.75 Å². The lowest BCUT2D eigenvalue weighted by atomic mass is 10.1. The van der Waals surface area contributed by atoms with E-state index < -0.39 is 0 Å². The summed E-state index contributed by atoms with van der Waals surface area (Å²) in [6, 6.07) is 18.4. The number of halogens is 1. The molecule has 0 radical (unpaired) electrons. The van der Waals surface area contributed by atoms with Crippen molar-refractivity contribution in [3.05, 3.63) is 71.9 Å². The molecule has 4 aromatic rings. The molecule has 0 saturated carbocycles. The fourth-order valence-corrected chi connectivity index (χ4v) is 2.68. The summed E-state index contributed by atoms with van der Waals surface area (Å²) in [5.41, 5.74) is 3.98. The third kappa shape index (κ3) is 2.43. The van der Waals surface area contributed by atoms with Crippen LogP contribution < -0.4 is 0 Å². The van der Waals surface area contributed by atoms with Gasteiger partial charge in [0, 0.05) is 28.4 Å². The van der Waals surface area contributed by atoms with E-state index in [4.69, 9.17) is 11.6 Å². The number of nitrogens with zero attached hydrogens (tertiary/aromatic N) is 3. The standard InChI is InChI=1S/C18H12ClN3O/c19-13-7-5-12(6-8-13)15-11-18-20-10-9-16(22(18)21-15)14-3-1-2-4-17(14)23/h1-11,23H. The first-order valence-corrected chi connectivity index (χ1v) is 7.49. The first kappa shape index (κ1) is 13.8. The molecule has 0 unspecified atom stereocenters. The highest BCUT2D eigenvalue weighted by Gasteiger charge is 2.12. The monoisotopic (exact) mass is 321 g/mol. The lowest BCUT2D eigenvalue weighted by Gasteiger charge is -2.06. The molecule has 4 nitrogen and oxygen atoms in total. The molecule has 2 aromatic heterocycles. The van der Waals surface area contributed by atoms with Crippen molar-refractivity contribution in [1.82, 2.24) is 14.6 Å². The predicted octanol–water partition coefficient (Wildman–Crippen LogP) is 4.42. The lowest BCUT2D eigenvalue weighted by Crippen LogP contribution is -1.95. The molecule has 0 aliphatic heterocycles. The van der Waals surface area contributed by atoms with Gasteiger partial charge >= 0.3 is 0 Å². The van der Waals surface area contributed by atoms with Gasteiger partial charge < -0.3 is 5.11 Å². The van der Waals surface area contributed by atoms with Crippen LogP contribution in [0.3, 0.4) is 0 Å². The zero-order chi connectivity index (χ0) is 15.8. The minimum Gasteiger partial charge on any atom is -0.507 e. The van der Waals surface area contributed by atoms with Gasteiger partial charge in [0.05, 0.1) is 11.4 Å². The maximum Gasteiger partial charge on any atom is 0.156 e. The molecule has 0 atom stereocenters. The topological polar surface area (TPSA) is 50.4 Å². The van der Waals surface area contributed by atoms with Crippen molar-refractivity contribution < 1.29 is 5.11 Å². The number of aromatic nitrogens is 3. The molecule has 4 rings (SSSR count). The molecule has 0 spiro atoms. The SMILES string of the molecule is Oc1ccccc1-c1ccnc2cc(-c3ccc(Cl)cc3)nn12. The second-order valence-corrected chi connectivity index (χ2v) is 5.59. The van der Waals surface area contributed by atoms with Crippen LogP contribution in [0.2, 0.25) is 5.02 Å². The van der Waals surface area contributed by atoms with E-state index in [0.717, 1.165) is 22.6 Å². The van der Waals surface area contributed by atoms with Crippen LogP contribution in [0.15, 0.2) is 66.9 Å². The van der Waals surface area contributed by atoms with Gasteiger partial charge in [0.1, 0.15) is 5.75 Å². The summed E-state index contributed by atoms with van der Waals surface area (Å²) >= 11 is 5.93. The molecular weight excluding hydrogens is 310 g/mol. The smallest absolute Gasteiger partial charge is 0.156 e. The number of phenols is 1. The van der Waals surface area contributed by atoms with E-state index in [1.54, 1.807) is 22.8 Å². The number of benzene rings is 2. The van der Waals surface area contributed by atoms with Gasteiger partial charge in [0.15, 0.2) is 5.65 Å². The van der Waals surface area contributed by atoms with Crippen LogP contribution in [-0.2, 0) is 0 Å². The van der Waals surface area contributed by atoms with Crippen LogP contribution in [0.1, 0.15) is 0 Å². The second-order valence-electron chi connectivity index (χ2n) is 5.15. The summed E-state index contributed by atoms with van der Waals surface area (Å²) in [6.07, 6.45) is 1.71. The Hall–Kier alpha value is -2.85. The van der Waals surface area contributed by atoms with Crippen molar-refractivity contribution in [1.29, 1.82) is 0 Å². The third-order valence-corrected chi connectivity index (χ3v) is 3.93. The van der Waals surface area contributed by atoms with Crippen molar-refractivity contribution >= 4 is 17.2 Å². The Balaban J connectivity index is 1.91. The van der Waals surface area contributed by atoms with Gasteiger partial charge in [0.2, 0.25) is 0 Å². The maximum absolute atomic E-state index is 10.1. The minimum absolute atomic E-state index is 0.212. The molecule has 0 fully saturated rings. The third-order valence-electron chi connectivity index (χ3n) is 3.68. The summed E-state index contributed by atoms with van der Waals surface area (Å²) in [5, 5.41) is 15.4. The Kier molecular flexibility index (Phi) is 3.24. The van der Waals surface area contributed by atoms with Gasteiger partial charge in [-0.05, 0) is 30.3 Å². The molecule has 5 heteroatoms. The summed E-state index contributed by atoms with van der Waals surface area (Å²) in [4.78, 5) is 4.35. The van der Waals surface area contributed by atoms with Gasteiger partial charge in [-0.3, -0.25) is 0 Å². The van der Waals surface area contributed by atoms with E-state index in [0.29, 0.717) is 10.6 Å². The van der Waals surface area contributed by atoms with Crippen LogP contribution in [0.5, 0.6) is 5.75 Å². The van der Waals surface area contributed by atoms with Crippen LogP contribution in [0.4, 0.5) is 0 Å². The molecule has 2 aromatic carbocycles. The van der Waals surface area contributed by atoms with E-state index in [2.05, 4.69) is 10.1 Å². The quantitative estimate of drug-likeness (QED) is 0.594. The molecule has 1 N–H and O–H groups in total. The molecular formula is C18H12ClN3O. The predicted molar refractivity (Wildman–Crippen MR) is 90.5 cm³/mol. The molecule has 0 amide bonds. The summed E-state index contributed by atoms with van der Waals surface area (Å²) in [6.45, 7) is 0. The number of rotatable bonds is 2. The van der Waals surface area contributed by atoms with Crippen LogP contribution in [0.25, 0.3) is 28.2 Å². The summed E-state index contributed by atoms with van der Waals surface area (Å²) in [7, 11) is 0. The van der Waals surface area contributed by atoms with E-state index in [1.165, 1.54) is 0 Å². The highest BCUT2D eigenvalue weighted by molar-refractivity contribution is 6.30. The molecule has 0 aliphatic rings. The fraction of sp³-hybridized carbons (Fsp3) is 0. The number of phenolic OH excluding ortho intramolecular Hbond substituents is 1. The van der Waals surface area contributed by atoms with Crippen molar-refractivity contribution in [2.24, 2.45) is 0 Å². The first-order chi connectivity index (χ1) is 11.2. The second kappa shape index (κ2) is 5.41. The Labute approximate surface area is 137 Å². The zero-order valence-electron chi connectivity index (χ0n) is 12.0. The zero-order valence-corrected chi connectivity index (χ0v) is 12.8. The number of fused-ring (bicyclic) bond motifs is 1. The van der Waals surface area contributed by atoms with E-state index in [9.17, 15) is 5.11 Å². The molecule has 112 valence electrons. The number of para-hydroxylation sites is 1. The van der Waals surface area contributed by atoms with Gasteiger partial charge in [-0.2, -0.15) is 5.10 Å². The van der Waals surface area contributed by atoms with Crippen LogP contribution in [-0.4, -0.2) is 19.7 Å². The molecule has 2 heterocycles. The van der Waals surface area contributed by atoms with Gasteiger partial charge in [-0.1, -0.05) is 35.9 Å². The van der Waals surface area contributed by atoms with Crippen LogP contribution in [0, 0.1) is 0 Å². The summed E-state index contributed by atoms with van der Waals surface area (Å²) < 4.78 is 1.74. The summed E-state index contributed by atoms with van der Waals surface area (Å²) in [5.74, 6) is 0.212. The first-order valence-electron chi connectivity index (χ1n) is 7.11. The largest absolute Gasteiger partial charge is 0.507 e. The van der Waals surface area contributed by atoms with Crippen LogP contribution >= 0.6 is 11.6 Å². The fourth-order valence-electron chi connectivity index (χ4n) is 2.55. The molecule has 0 saturated heterocycles. The van der Waals surface area contributed by atoms with Crippen molar-refractivity contribution in [2.75, 3.05) is 0 Å². The van der Waals surface area contributed by atoms with Crippen molar-refractivity contribution in [3.8, 4) is 28.3 Å². The number of aromatic hydroxyl groups is 1. The maximum atomic E-state index is 10.1. The van der Waals surface area contributed by atoms with Gasteiger partial charge in [-0.25, -0.2) is 9.50 Å². The molecule has 0 bridgehead atoms. The Morgan fingerprint density at radius 3 is 2.52 bits per heavy atom. The van der Waals surface area contributed by atoms with Gasteiger partial charge in [0.25, 0.3) is 0 Å². The van der Waals surface area contributed by atoms with Crippen molar-refractivity contribution in [3.63, 3.8) is 0 Å². The average Bonchev–Trinajstić information content (AvgIpc) is 3.00. The Morgan fingerprint density at radius 2 is 1.74 bits per heavy atom. The Bertz CT molecular complexity index is 993. The highest BCUT2D eigenvalue weighted by Crippen LogP contribution is 2.30. The van der Waals surface area contributed by atoms with E-state index >= 15 is 0 Å². The highest BCUT2D eigenvalue weighted by atomic mass is 35.5. The Morgan fingerprint density at radius 1 is 0.957 bits per heavy atom. The lowest BCUT2D eigenvalue weighted by molar-refractivity contribution is 0.477. The molecule has 23 heavy (non-hydrogen) atoms. The number of hydrogen-bond donors (Lipinski definition) is 1. The van der Waals surface area contributed by atoms with E-state index in [1.807, 2.05) is 48.5 Å². The molecule has 0 aliphatic carbocycles. The van der Waals surface area contributed by atoms with Crippen molar-refractivity contribution in [2.45, 2.75) is 0 Å². The average molecular weight is 322 g/mol. The minimum atomic E-state index is 0.212. The number of hydrogen-bond acceptors (Lipinski definition) is 3.